The Morgan fingerprint density at radius 2 is 2.21 bits per heavy atom. The van der Waals surface area contributed by atoms with Crippen molar-refractivity contribution in [2.45, 2.75) is 26.9 Å². The second-order valence-corrected chi connectivity index (χ2v) is 4.54. The van der Waals surface area contributed by atoms with Crippen LogP contribution in [0.15, 0.2) is 12.3 Å². The molecule has 0 fully saturated rings. The standard InChI is InChI=1S/C12H18N6O/c1-8-4-9(2)18(16-8)7-11(19)14-5-10-6-15-17(3)12(10)13/h4,6H,5,7,13H2,1-3H3,(H,14,19). The lowest BCUT2D eigenvalue weighted by atomic mass is 10.3. The summed E-state index contributed by atoms with van der Waals surface area (Å²) in [6.45, 7) is 4.40. The van der Waals surface area contributed by atoms with E-state index in [4.69, 9.17) is 5.73 Å². The Hall–Kier alpha value is -2.31. The summed E-state index contributed by atoms with van der Waals surface area (Å²) in [4.78, 5) is 11.8. The van der Waals surface area contributed by atoms with Crippen LogP contribution in [-0.2, 0) is 24.9 Å². The van der Waals surface area contributed by atoms with Gasteiger partial charge in [-0.1, -0.05) is 0 Å². The summed E-state index contributed by atoms with van der Waals surface area (Å²) in [7, 11) is 1.76. The van der Waals surface area contributed by atoms with Crippen molar-refractivity contribution in [2.75, 3.05) is 5.73 Å². The fraction of sp³-hybridized carbons (Fsp3) is 0.417. The Kier molecular flexibility index (Phi) is 3.55. The molecule has 0 atom stereocenters. The van der Waals surface area contributed by atoms with E-state index in [2.05, 4.69) is 15.5 Å². The van der Waals surface area contributed by atoms with Gasteiger partial charge < -0.3 is 11.1 Å². The molecule has 0 aliphatic rings. The van der Waals surface area contributed by atoms with Gasteiger partial charge in [0.05, 0.1) is 11.9 Å². The second-order valence-electron chi connectivity index (χ2n) is 4.54. The van der Waals surface area contributed by atoms with Crippen LogP contribution in [0.5, 0.6) is 0 Å². The van der Waals surface area contributed by atoms with E-state index in [0.717, 1.165) is 17.0 Å². The predicted octanol–water partition coefficient (Wildman–Crippen LogP) is 0.132. The van der Waals surface area contributed by atoms with E-state index >= 15 is 0 Å². The van der Waals surface area contributed by atoms with Gasteiger partial charge in [-0.25, -0.2) is 0 Å². The largest absolute Gasteiger partial charge is 0.384 e. The Morgan fingerprint density at radius 3 is 2.74 bits per heavy atom. The van der Waals surface area contributed by atoms with Gasteiger partial charge in [-0.3, -0.25) is 14.2 Å². The van der Waals surface area contributed by atoms with Crippen LogP contribution in [0.4, 0.5) is 5.82 Å². The number of hydrogen-bond acceptors (Lipinski definition) is 4. The van der Waals surface area contributed by atoms with Gasteiger partial charge in [-0.05, 0) is 19.9 Å². The Morgan fingerprint density at radius 1 is 1.47 bits per heavy atom. The van der Waals surface area contributed by atoms with Crippen molar-refractivity contribution in [3.8, 4) is 0 Å². The van der Waals surface area contributed by atoms with Gasteiger partial charge in [0.1, 0.15) is 12.4 Å². The molecule has 102 valence electrons. The van der Waals surface area contributed by atoms with E-state index in [-0.39, 0.29) is 12.5 Å². The maximum atomic E-state index is 11.8. The predicted molar refractivity (Wildman–Crippen MR) is 71.2 cm³/mol. The minimum Gasteiger partial charge on any atom is -0.384 e. The summed E-state index contributed by atoms with van der Waals surface area (Å²) in [6, 6.07) is 1.94. The van der Waals surface area contributed by atoms with Crippen molar-refractivity contribution >= 4 is 11.7 Å². The van der Waals surface area contributed by atoms with Crippen LogP contribution in [0.2, 0.25) is 0 Å². The highest BCUT2D eigenvalue weighted by Gasteiger charge is 2.09. The lowest BCUT2D eigenvalue weighted by molar-refractivity contribution is -0.122. The molecule has 7 heteroatoms. The number of nitrogens with one attached hydrogen (secondary N) is 1. The third-order valence-electron chi connectivity index (χ3n) is 2.94. The first kappa shape index (κ1) is 13.1. The fourth-order valence-electron chi connectivity index (χ4n) is 1.85. The SMILES string of the molecule is Cc1cc(C)n(CC(=O)NCc2cnn(C)c2N)n1. The van der Waals surface area contributed by atoms with Gasteiger partial charge in [0.15, 0.2) is 0 Å². The van der Waals surface area contributed by atoms with Crippen molar-refractivity contribution in [2.24, 2.45) is 7.05 Å². The number of hydrogen-bond donors (Lipinski definition) is 2. The van der Waals surface area contributed by atoms with E-state index in [0.29, 0.717) is 12.4 Å². The van der Waals surface area contributed by atoms with Crippen LogP contribution in [0.1, 0.15) is 17.0 Å². The quantitative estimate of drug-likeness (QED) is 0.819. The molecule has 0 saturated heterocycles. The molecule has 3 N–H and O–H groups in total. The van der Waals surface area contributed by atoms with Crippen molar-refractivity contribution in [1.29, 1.82) is 0 Å². The Labute approximate surface area is 111 Å². The van der Waals surface area contributed by atoms with Crippen LogP contribution in [0.3, 0.4) is 0 Å². The summed E-state index contributed by atoms with van der Waals surface area (Å²) in [5.41, 5.74) is 8.48. The van der Waals surface area contributed by atoms with E-state index in [9.17, 15) is 4.79 Å². The van der Waals surface area contributed by atoms with Gasteiger partial charge in [0, 0.05) is 24.8 Å². The molecule has 0 aliphatic heterocycles. The smallest absolute Gasteiger partial charge is 0.242 e. The molecule has 0 aliphatic carbocycles. The molecule has 2 rings (SSSR count). The lowest BCUT2D eigenvalue weighted by Gasteiger charge is -2.06. The minimum absolute atomic E-state index is 0.102. The number of nitrogens with zero attached hydrogens (tertiary/aromatic N) is 4. The molecule has 0 bridgehead atoms. The van der Waals surface area contributed by atoms with E-state index in [1.165, 1.54) is 0 Å². The molecular formula is C12H18N6O. The number of amides is 1. The maximum Gasteiger partial charge on any atom is 0.242 e. The molecule has 0 saturated carbocycles. The number of aromatic nitrogens is 4. The number of anilines is 1. The molecule has 0 radical (unpaired) electrons. The number of carbonyl (C=O) groups is 1. The van der Waals surface area contributed by atoms with Crippen molar-refractivity contribution < 1.29 is 4.79 Å². The van der Waals surface area contributed by atoms with Crippen LogP contribution in [0.25, 0.3) is 0 Å². The zero-order chi connectivity index (χ0) is 14.0. The molecular weight excluding hydrogens is 244 g/mol. The number of nitrogen functional groups attached to an aromatic ring is 1. The Balaban J connectivity index is 1.92. The zero-order valence-corrected chi connectivity index (χ0v) is 11.3. The molecule has 0 spiro atoms. The first-order valence-electron chi connectivity index (χ1n) is 6.01. The Bertz CT molecular complexity index is 597. The van der Waals surface area contributed by atoms with Crippen LogP contribution >= 0.6 is 0 Å². The lowest BCUT2D eigenvalue weighted by Crippen LogP contribution is -2.28. The van der Waals surface area contributed by atoms with Gasteiger partial charge in [-0.15, -0.1) is 0 Å². The third-order valence-corrected chi connectivity index (χ3v) is 2.94. The minimum atomic E-state index is -0.102. The summed E-state index contributed by atoms with van der Waals surface area (Å²) in [6.07, 6.45) is 1.65. The molecule has 0 unspecified atom stereocenters. The molecule has 2 aromatic heterocycles. The van der Waals surface area contributed by atoms with Crippen LogP contribution in [-0.4, -0.2) is 25.5 Å². The van der Waals surface area contributed by atoms with Gasteiger partial charge in [0.25, 0.3) is 0 Å². The van der Waals surface area contributed by atoms with Gasteiger partial charge in [-0.2, -0.15) is 10.2 Å². The second kappa shape index (κ2) is 5.13. The molecule has 1 amide bonds. The van der Waals surface area contributed by atoms with E-state index in [1.807, 2.05) is 19.9 Å². The summed E-state index contributed by atoms with van der Waals surface area (Å²) in [5.74, 6) is 0.459. The molecule has 7 nitrogen and oxygen atoms in total. The number of aryl methyl sites for hydroxylation is 3. The van der Waals surface area contributed by atoms with Crippen LogP contribution < -0.4 is 11.1 Å². The van der Waals surface area contributed by atoms with Crippen molar-refractivity contribution in [1.82, 2.24) is 24.9 Å². The highest BCUT2D eigenvalue weighted by Crippen LogP contribution is 2.08. The molecule has 19 heavy (non-hydrogen) atoms. The average Bonchev–Trinajstić information content (AvgIpc) is 2.82. The van der Waals surface area contributed by atoms with Crippen LogP contribution in [0, 0.1) is 13.8 Å². The van der Waals surface area contributed by atoms with Gasteiger partial charge >= 0.3 is 0 Å². The average molecular weight is 262 g/mol. The van der Waals surface area contributed by atoms with E-state index < -0.39 is 0 Å². The monoisotopic (exact) mass is 262 g/mol. The highest BCUT2D eigenvalue weighted by atomic mass is 16.2. The summed E-state index contributed by atoms with van der Waals surface area (Å²) >= 11 is 0. The molecule has 2 heterocycles. The summed E-state index contributed by atoms with van der Waals surface area (Å²) < 4.78 is 3.25. The number of carbonyl (C=O) groups excluding carboxylic acids is 1. The number of rotatable bonds is 4. The first-order chi connectivity index (χ1) is 8.97. The first-order valence-corrected chi connectivity index (χ1v) is 6.01. The number of nitrogens with two attached hydrogens (primary N) is 1. The zero-order valence-electron chi connectivity index (χ0n) is 11.3. The summed E-state index contributed by atoms with van der Waals surface area (Å²) in [5, 5.41) is 11.1. The fourth-order valence-corrected chi connectivity index (χ4v) is 1.85. The van der Waals surface area contributed by atoms with E-state index in [1.54, 1.807) is 22.6 Å². The molecule has 0 aromatic carbocycles. The topological polar surface area (TPSA) is 90.8 Å². The van der Waals surface area contributed by atoms with Gasteiger partial charge in [0.2, 0.25) is 5.91 Å². The normalized spacial score (nSPS) is 10.7. The van der Waals surface area contributed by atoms with Crippen molar-refractivity contribution in [3.05, 3.63) is 29.2 Å². The maximum absolute atomic E-state index is 11.8. The van der Waals surface area contributed by atoms with Crippen molar-refractivity contribution in [3.63, 3.8) is 0 Å². The third kappa shape index (κ3) is 2.93. The highest BCUT2D eigenvalue weighted by molar-refractivity contribution is 5.75. The molecule has 2 aromatic rings.